The molecule has 0 fully saturated rings. The van der Waals surface area contributed by atoms with E-state index < -0.39 is 0 Å². The van der Waals surface area contributed by atoms with Crippen LogP contribution in [-0.4, -0.2) is 30.3 Å². The highest BCUT2D eigenvalue weighted by Crippen LogP contribution is 2.31. The van der Waals surface area contributed by atoms with E-state index in [4.69, 9.17) is 23.2 Å². The molecule has 1 aromatic rings. The Kier molecular flexibility index (Phi) is 6.49. The Morgan fingerprint density at radius 3 is 2.59 bits per heavy atom. The number of nitrogens with zero attached hydrogens (tertiary/aromatic N) is 1. The van der Waals surface area contributed by atoms with Crippen molar-refractivity contribution in [3.8, 4) is 0 Å². The van der Waals surface area contributed by atoms with Crippen molar-refractivity contribution in [2.24, 2.45) is 0 Å². The van der Waals surface area contributed by atoms with E-state index in [0.717, 1.165) is 25.9 Å². The van der Waals surface area contributed by atoms with Crippen LogP contribution in [0.15, 0.2) is 6.07 Å². The smallest absolute Gasteiger partial charge is 0.179 e. The second-order valence-corrected chi connectivity index (χ2v) is 6.17. The Labute approximate surface area is 117 Å². The van der Waals surface area contributed by atoms with Crippen molar-refractivity contribution in [3.05, 3.63) is 20.3 Å². The van der Waals surface area contributed by atoms with Gasteiger partial charge in [-0.2, -0.15) is 0 Å². The summed E-state index contributed by atoms with van der Waals surface area (Å²) in [6.07, 6.45) is 2.25. The van der Waals surface area contributed by atoms with Crippen LogP contribution in [0.2, 0.25) is 8.67 Å². The van der Waals surface area contributed by atoms with E-state index in [-0.39, 0.29) is 5.78 Å². The highest BCUT2D eigenvalue weighted by atomic mass is 35.5. The van der Waals surface area contributed by atoms with Gasteiger partial charge in [0.2, 0.25) is 0 Å². The molecule has 0 spiro atoms. The van der Waals surface area contributed by atoms with Crippen molar-refractivity contribution < 1.29 is 4.79 Å². The first-order valence-corrected chi connectivity index (χ1v) is 7.36. The zero-order valence-electron chi connectivity index (χ0n) is 10.1. The van der Waals surface area contributed by atoms with E-state index in [0.29, 0.717) is 20.8 Å². The monoisotopic (exact) mass is 293 g/mol. The maximum atomic E-state index is 12.0. The summed E-state index contributed by atoms with van der Waals surface area (Å²) in [5.41, 5.74) is 0.552. The predicted octanol–water partition coefficient (Wildman–Crippen LogP) is 4.36. The van der Waals surface area contributed by atoms with Crippen molar-refractivity contribution in [1.29, 1.82) is 0 Å². The lowest BCUT2D eigenvalue weighted by molar-refractivity contribution is 0.0933. The SMILES string of the molecule is CCCCN(CC)CC(=O)c1cc(Cl)sc1Cl. The van der Waals surface area contributed by atoms with E-state index in [1.54, 1.807) is 6.07 Å². The van der Waals surface area contributed by atoms with Crippen LogP contribution in [-0.2, 0) is 0 Å². The van der Waals surface area contributed by atoms with Gasteiger partial charge in [0, 0.05) is 0 Å². The Bertz CT molecular complexity index is 379. The summed E-state index contributed by atoms with van der Waals surface area (Å²) >= 11 is 13.0. The number of halogens is 2. The van der Waals surface area contributed by atoms with E-state index >= 15 is 0 Å². The Hall–Kier alpha value is -0.0900. The van der Waals surface area contributed by atoms with E-state index in [1.807, 2.05) is 0 Å². The minimum atomic E-state index is 0.0519. The molecule has 0 aromatic carbocycles. The third kappa shape index (κ3) is 4.59. The fourth-order valence-corrected chi connectivity index (χ4v) is 3.05. The predicted molar refractivity (Wildman–Crippen MR) is 75.7 cm³/mol. The maximum Gasteiger partial charge on any atom is 0.179 e. The molecule has 0 aliphatic carbocycles. The maximum absolute atomic E-state index is 12.0. The molecule has 96 valence electrons. The first kappa shape index (κ1) is 15.0. The molecule has 0 amide bonds. The van der Waals surface area contributed by atoms with Crippen LogP contribution in [0.5, 0.6) is 0 Å². The lowest BCUT2D eigenvalue weighted by Gasteiger charge is -2.18. The number of likely N-dealkylation sites (N-methyl/N-ethyl adjacent to an activating group) is 1. The van der Waals surface area contributed by atoms with Crippen LogP contribution in [0.3, 0.4) is 0 Å². The highest BCUT2D eigenvalue weighted by molar-refractivity contribution is 7.20. The number of carbonyl (C=O) groups excluding carboxylic acids is 1. The molecule has 1 heterocycles. The van der Waals surface area contributed by atoms with Crippen LogP contribution in [0.25, 0.3) is 0 Å². The average molecular weight is 294 g/mol. The van der Waals surface area contributed by atoms with Crippen molar-refractivity contribution >= 4 is 40.3 Å². The number of thiophene rings is 1. The second kappa shape index (κ2) is 7.37. The van der Waals surface area contributed by atoms with Gasteiger partial charge in [0.1, 0.15) is 4.34 Å². The molecule has 0 bridgehead atoms. The number of carbonyl (C=O) groups is 1. The number of ketones is 1. The zero-order chi connectivity index (χ0) is 12.8. The van der Waals surface area contributed by atoms with Crippen molar-refractivity contribution in [2.45, 2.75) is 26.7 Å². The van der Waals surface area contributed by atoms with Crippen molar-refractivity contribution in [3.63, 3.8) is 0 Å². The van der Waals surface area contributed by atoms with Crippen LogP contribution in [0, 0.1) is 0 Å². The molecule has 0 unspecified atom stereocenters. The number of hydrogen-bond acceptors (Lipinski definition) is 3. The van der Waals surface area contributed by atoms with E-state index in [9.17, 15) is 4.79 Å². The summed E-state index contributed by atoms with van der Waals surface area (Å²) in [5, 5.41) is 0. The molecule has 0 radical (unpaired) electrons. The number of Topliss-reactive ketones (excluding diaryl/α,β-unsaturated/α-hetero) is 1. The Morgan fingerprint density at radius 1 is 1.41 bits per heavy atom. The van der Waals surface area contributed by atoms with Gasteiger partial charge in [0.25, 0.3) is 0 Å². The summed E-state index contributed by atoms with van der Waals surface area (Å²) in [6, 6.07) is 1.66. The average Bonchev–Trinajstić information content (AvgIpc) is 2.63. The number of hydrogen-bond donors (Lipinski definition) is 0. The molecule has 0 atom stereocenters. The van der Waals surface area contributed by atoms with Crippen LogP contribution in [0.1, 0.15) is 37.0 Å². The summed E-state index contributed by atoms with van der Waals surface area (Å²) in [4.78, 5) is 14.2. The largest absolute Gasteiger partial charge is 0.296 e. The highest BCUT2D eigenvalue weighted by Gasteiger charge is 2.16. The van der Waals surface area contributed by atoms with Crippen LogP contribution in [0.4, 0.5) is 0 Å². The van der Waals surface area contributed by atoms with Gasteiger partial charge in [-0.25, -0.2) is 0 Å². The van der Waals surface area contributed by atoms with Crippen molar-refractivity contribution in [1.82, 2.24) is 4.90 Å². The topological polar surface area (TPSA) is 20.3 Å². The molecule has 17 heavy (non-hydrogen) atoms. The minimum absolute atomic E-state index is 0.0519. The van der Waals surface area contributed by atoms with Gasteiger partial charge in [-0.3, -0.25) is 9.69 Å². The summed E-state index contributed by atoms with van der Waals surface area (Å²) in [6.45, 7) is 6.45. The lowest BCUT2D eigenvalue weighted by Crippen LogP contribution is -2.30. The van der Waals surface area contributed by atoms with Gasteiger partial charge in [0.15, 0.2) is 5.78 Å². The molecule has 1 rings (SSSR count). The second-order valence-electron chi connectivity index (χ2n) is 3.88. The fourth-order valence-electron chi connectivity index (χ4n) is 1.55. The lowest BCUT2D eigenvalue weighted by atomic mass is 10.2. The molecular formula is C12H17Cl2NOS. The molecule has 0 N–H and O–H groups in total. The standard InChI is InChI=1S/C12H17Cl2NOS/c1-3-5-6-15(4-2)8-10(16)9-7-11(13)17-12(9)14/h7H,3-6,8H2,1-2H3. The van der Waals surface area contributed by atoms with Crippen LogP contribution >= 0.6 is 34.5 Å². The normalized spacial score (nSPS) is 11.1. The molecule has 0 saturated heterocycles. The molecular weight excluding hydrogens is 277 g/mol. The molecule has 0 aliphatic rings. The van der Waals surface area contributed by atoms with Gasteiger partial charge in [-0.1, -0.05) is 43.5 Å². The van der Waals surface area contributed by atoms with Gasteiger partial charge < -0.3 is 0 Å². The number of unbranched alkanes of at least 4 members (excludes halogenated alkanes) is 1. The molecule has 2 nitrogen and oxygen atoms in total. The fraction of sp³-hybridized carbons (Fsp3) is 0.583. The van der Waals surface area contributed by atoms with E-state index in [2.05, 4.69) is 18.7 Å². The minimum Gasteiger partial charge on any atom is -0.296 e. The molecule has 5 heteroatoms. The Morgan fingerprint density at radius 2 is 2.12 bits per heavy atom. The van der Waals surface area contributed by atoms with Gasteiger partial charge in [0.05, 0.1) is 16.4 Å². The summed E-state index contributed by atoms with van der Waals surface area (Å²) < 4.78 is 1.06. The quantitative estimate of drug-likeness (QED) is 0.696. The third-order valence-corrected chi connectivity index (χ3v) is 4.09. The Balaban J connectivity index is 2.61. The van der Waals surface area contributed by atoms with E-state index in [1.165, 1.54) is 11.3 Å². The van der Waals surface area contributed by atoms with Crippen LogP contribution < -0.4 is 0 Å². The molecule has 0 aliphatic heterocycles. The van der Waals surface area contributed by atoms with Gasteiger partial charge in [-0.05, 0) is 25.6 Å². The summed E-state index contributed by atoms with van der Waals surface area (Å²) in [7, 11) is 0. The summed E-state index contributed by atoms with van der Waals surface area (Å²) in [5.74, 6) is 0.0519. The molecule has 0 saturated carbocycles. The third-order valence-electron chi connectivity index (χ3n) is 2.60. The first-order chi connectivity index (χ1) is 8.08. The first-order valence-electron chi connectivity index (χ1n) is 5.78. The zero-order valence-corrected chi connectivity index (χ0v) is 12.5. The number of rotatable bonds is 7. The van der Waals surface area contributed by atoms with Gasteiger partial charge in [-0.15, -0.1) is 11.3 Å². The van der Waals surface area contributed by atoms with Crippen molar-refractivity contribution in [2.75, 3.05) is 19.6 Å². The van der Waals surface area contributed by atoms with Gasteiger partial charge >= 0.3 is 0 Å². The molecule has 1 aromatic heterocycles.